The van der Waals surface area contributed by atoms with E-state index in [-0.39, 0.29) is 25.4 Å². The number of amides is 2. The molecule has 0 spiro atoms. The van der Waals surface area contributed by atoms with Crippen LogP contribution < -0.4 is 10.6 Å². The maximum absolute atomic E-state index is 13.3. The molecule has 0 aliphatic heterocycles. The molecule has 7 nitrogen and oxygen atoms in total. The molecular weight excluding hydrogens is 446 g/mol. The second kappa shape index (κ2) is 9.04. The van der Waals surface area contributed by atoms with Crippen LogP contribution in [0, 0.1) is 0 Å². The lowest BCUT2D eigenvalue weighted by Crippen LogP contribution is -2.63. The Kier molecular flexibility index (Phi) is 6.29. The minimum Gasteiger partial charge on any atom is -0.481 e. The zero-order valence-corrected chi connectivity index (χ0v) is 18.6. The van der Waals surface area contributed by atoms with Crippen molar-refractivity contribution in [1.29, 1.82) is 0 Å². The highest BCUT2D eigenvalue weighted by Crippen LogP contribution is 2.45. The Balaban J connectivity index is 1.40. The second-order valence-electron chi connectivity index (χ2n) is 9.21. The molecule has 0 heterocycles. The molecule has 0 aromatic heterocycles. The number of alkyl halides is 2. The van der Waals surface area contributed by atoms with Crippen LogP contribution >= 0.6 is 0 Å². The Hall–Kier alpha value is -3.49. The first-order valence-corrected chi connectivity index (χ1v) is 11.1. The molecule has 2 aromatic carbocycles. The molecule has 180 valence electrons. The van der Waals surface area contributed by atoms with Gasteiger partial charge >= 0.3 is 12.1 Å². The van der Waals surface area contributed by atoms with Crippen molar-refractivity contribution in [1.82, 2.24) is 10.6 Å². The molecule has 1 fully saturated rings. The van der Waals surface area contributed by atoms with Gasteiger partial charge in [-0.1, -0.05) is 48.5 Å². The quantitative estimate of drug-likeness (QED) is 0.538. The average molecular weight is 472 g/mol. The highest BCUT2D eigenvalue weighted by Gasteiger charge is 2.54. The van der Waals surface area contributed by atoms with Gasteiger partial charge in [-0.2, -0.15) is 0 Å². The highest BCUT2D eigenvalue weighted by atomic mass is 19.3. The van der Waals surface area contributed by atoms with Crippen molar-refractivity contribution in [3.05, 3.63) is 59.7 Å². The summed E-state index contributed by atoms with van der Waals surface area (Å²) in [5.41, 5.74) is 3.07. The van der Waals surface area contributed by atoms with Gasteiger partial charge in [-0.15, -0.1) is 0 Å². The fraction of sp³-hybridized carbons (Fsp3) is 0.400. The van der Waals surface area contributed by atoms with Gasteiger partial charge in [-0.25, -0.2) is 13.6 Å². The molecule has 2 amide bonds. The number of halogens is 2. The van der Waals surface area contributed by atoms with E-state index in [2.05, 4.69) is 10.6 Å². The van der Waals surface area contributed by atoms with Gasteiger partial charge in [0.15, 0.2) is 0 Å². The van der Waals surface area contributed by atoms with Crippen molar-refractivity contribution in [3.8, 4) is 11.1 Å². The van der Waals surface area contributed by atoms with Crippen LogP contribution in [0.5, 0.6) is 0 Å². The Morgan fingerprint density at radius 1 is 1.06 bits per heavy atom. The topological polar surface area (TPSA) is 105 Å². The van der Waals surface area contributed by atoms with Gasteiger partial charge in [-0.3, -0.25) is 9.59 Å². The molecular formula is C25H26F2N2O5. The van der Waals surface area contributed by atoms with Crippen molar-refractivity contribution in [3.63, 3.8) is 0 Å². The van der Waals surface area contributed by atoms with Crippen LogP contribution in [-0.4, -0.2) is 47.2 Å². The standard InChI is InChI=1S/C25H26F2N2O5/c1-24(13-25(26,27)14-24)29-22(32)20(10-11-21(30)31)28-23(33)34-12-19-17-8-4-2-6-15(17)16-7-3-5-9-18(16)19/h2-9,19-20H,10-14H2,1H3,(H,28,33)(H,29,32)(H,30,31). The van der Waals surface area contributed by atoms with Gasteiger partial charge in [0.05, 0.1) is 0 Å². The summed E-state index contributed by atoms with van der Waals surface area (Å²) in [7, 11) is 0. The first-order valence-electron chi connectivity index (χ1n) is 11.1. The SMILES string of the molecule is CC1(NC(=O)C(CCC(=O)O)NC(=O)OCC2c3ccccc3-c3ccccc32)CC(F)(F)C1. The summed E-state index contributed by atoms with van der Waals surface area (Å²) >= 11 is 0. The van der Waals surface area contributed by atoms with E-state index >= 15 is 0 Å². The molecule has 1 atom stereocenters. The largest absolute Gasteiger partial charge is 0.481 e. The van der Waals surface area contributed by atoms with Crippen LogP contribution in [0.15, 0.2) is 48.5 Å². The van der Waals surface area contributed by atoms with Gasteiger partial charge in [0.2, 0.25) is 5.91 Å². The van der Waals surface area contributed by atoms with Gasteiger partial charge in [0, 0.05) is 30.7 Å². The van der Waals surface area contributed by atoms with Crippen LogP contribution in [0.2, 0.25) is 0 Å². The lowest BCUT2D eigenvalue weighted by Gasteiger charge is -2.45. The fourth-order valence-corrected chi connectivity index (χ4v) is 4.88. The van der Waals surface area contributed by atoms with Gasteiger partial charge < -0.3 is 20.5 Å². The van der Waals surface area contributed by atoms with E-state index in [4.69, 9.17) is 9.84 Å². The number of aliphatic carboxylic acids is 1. The molecule has 1 saturated carbocycles. The smallest absolute Gasteiger partial charge is 0.407 e. The summed E-state index contributed by atoms with van der Waals surface area (Å²) in [4.78, 5) is 36.2. The van der Waals surface area contributed by atoms with Crippen LogP contribution in [0.4, 0.5) is 13.6 Å². The van der Waals surface area contributed by atoms with Crippen molar-refractivity contribution in [2.24, 2.45) is 0 Å². The minimum atomic E-state index is -2.85. The van der Waals surface area contributed by atoms with Gasteiger partial charge in [0.1, 0.15) is 12.6 Å². The summed E-state index contributed by atoms with van der Waals surface area (Å²) in [5, 5.41) is 13.9. The molecule has 1 unspecified atom stereocenters. The average Bonchev–Trinajstić information content (AvgIpc) is 3.07. The minimum absolute atomic E-state index is 0.0249. The predicted molar refractivity (Wildman–Crippen MR) is 120 cm³/mol. The molecule has 2 aromatic rings. The van der Waals surface area contributed by atoms with Crippen molar-refractivity contribution in [2.75, 3.05) is 6.61 Å². The van der Waals surface area contributed by atoms with E-state index in [0.29, 0.717) is 0 Å². The van der Waals surface area contributed by atoms with Crippen LogP contribution in [-0.2, 0) is 14.3 Å². The molecule has 9 heteroatoms. The lowest BCUT2D eigenvalue weighted by atomic mass is 9.75. The number of hydrogen-bond donors (Lipinski definition) is 3. The normalized spacial score (nSPS) is 18.1. The summed E-state index contributed by atoms with van der Waals surface area (Å²) in [5.74, 6) is -4.89. The molecule has 0 radical (unpaired) electrons. The number of carbonyl (C=O) groups excluding carboxylic acids is 2. The van der Waals surface area contributed by atoms with Crippen molar-refractivity contribution >= 4 is 18.0 Å². The maximum atomic E-state index is 13.3. The number of hydrogen-bond acceptors (Lipinski definition) is 4. The van der Waals surface area contributed by atoms with Crippen LogP contribution in [0.25, 0.3) is 11.1 Å². The molecule has 0 bridgehead atoms. The van der Waals surface area contributed by atoms with E-state index < -0.39 is 48.3 Å². The van der Waals surface area contributed by atoms with Crippen LogP contribution in [0.3, 0.4) is 0 Å². The first-order chi connectivity index (χ1) is 16.1. The van der Waals surface area contributed by atoms with E-state index in [0.717, 1.165) is 22.3 Å². The van der Waals surface area contributed by atoms with Gasteiger partial charge in [-0.05, 0) is 35.6 Å². The third-order valence-electron chi connectivity index (χ3n) is 6.32. The summed E-state index contributed by atoms with van der Waals surface area (Å²) in [6.07, 6.45) is -2.48. The van der Waals surface area contributed by atoms with Crippen LogP contribution in [0.1, 0.15) is 49.7 Å². The third kappa shape index (κ3) is 5.03. The predicted octanol–water partition coefficient (Wildman–Crippen LogP) is 4.06. The number of nitrogens with one attached hydrogen (secondary N) is 2. The first kappa shape index (κ1) is 23.7. The maximum Gasteiger partial charge on any atom is 0.407 e. The number of carboxylic acid groups (broad SMARTS) is 1. The number of benzene rings is 2. The second-order valence-corrected chi connectivity index (χ2v) is 9.21. The summed E-state index contributed by atoms with van der Waals surface area (Å²) < 4.78 is 32.0. The number of fused-ring (bicyclic) bond motifs is 3. The Morgan fingerprint density at radius 3 is 2.15 bits per heavy atom. The summed E-state index contributed by atoms with van der Waals surface area (Å²) in [6.45, 7) is 1.51. The Bertz CT molecular complexity index is 1070. The van der Waals surface area contributed by atoms with Crippen molar-refractivity contribution < 1.29 is 33.0 Å². The molecule has 4 rings (SSSR count). The molecule has 0 saturated heterocycles. The number of carboxylic acids is 1. The van der Waals surface area contributed by atoms with E-state index in [9.17, 15) is 23.2 Å². The molecule has 3 N–H and O–H groups in total. The fourth-order valence-electron chi connectivity index (χ4n) is 4.88. The van der Waals surface area contributed by atoms with E-state index in [1.165, 1.54) is 6.92 Å². The molecule has 2 aliphatic carbocycles. The summed E-state index contributed by atoms with van der Waals surface area (Å²) in [6, 6.07) is 14.4. The molecule has 2 aliphatic rings. The number of alkyl carbamates (subject to hydrolysis) is 1. The Morgan fingerprint density at radius 2 is 1.62 bits per heavy atom. The number of ether oxygens (including phenoxy) is 1. The Labute approximate surface area is 195 Å². The van der Waals surface area contributed by atoms with E-state index in [1.807, 2.05) is 48.5 Å². The number of rotatable bonds is 8. The molecule has 34 heavy (non-hydrogen) atoms. The van der Waals surface area contributed by atoms with Gasteiger partial charge in [0.25, 0.3) is 5.92 Å². The zero-order valence-electron chi connectivity index (χ0n) is 18.6. The monoisotopic (exact) mass is 472 g/mol. The number of carbonyl (C=O) groups is 3. The third-order valence-corrected chi connectivity index (χ3v) is 6.32. The zero-order chi connectivity index (χ0) is 24.5. The van der Waals surface area contributed by atoms with Crippen molar-refractivity contribution in [2.45, 2.75) is 56.0 Å². The van der Waals surface area contributed by atoms with E-state index in [1.54, 1.807) is 0 Å². The lowest BCUT2D eigenvalue weighted by molar-refractivity contribution is -0.145. The highest BCUT2D eigenvalue weighted by molar-refractivity contribution is 5.87.